The van der Waals surface area contributed by atoms with E-state index in [1.54, 1.807) is 0 Å². The van der Waals surface area contributed by atoms with Crippen LogP contribution in [0.15, 0.2) is 0 Å². The summed E-state index contributed by atoms with van der Waals surface area (Å²) in [6.45, 7) is 4.32. The number of carbonyl (C=O) groups is 3. The molecule has 0 spiro atoms. The maximum absolute atomic E-state index is 13.4. The SMILES string of the molecule is CN1C(=O)N(C)C(C(=O)OC(C)(C)C)C(N)(C(F)(F)F)C1=O. The third kappa shape index (κ3) is 2.74. The maximum atomic E-state index is 13.4. The second-order valence-electron chi connectivity index (χ2n) is 6.06. The van der Waals surface area contributed by atoms with Gasteiger partial charge in [0.05, 0.1) is 0 Å². The van der Waals surface area contributed by atoms with Crippen LogP contribution in [0.3, 0.4) is 0 Å². The molecule has 2 N–H and O–H groups in total. The molecular weight excluding hydrogens is 307 g/mol. The smallest absolute Gasteiger partial charge is 0.418 e. The molecule has 1 rings (SSSR count). The Morgan fingerprint density at radius 3 is 2.05 bits per heavy atom. The lowest BCUT2D eigenvalue weighted by molar-refractivity contribution is -0.219. The summed E-state index contributed by atoms with van der Waals surface area (Å²) in [5.41, 5.74) is 0.588. The zero-order valence-electron chi connectivity index (χ0n) is 12.8. The molecule has 22 heavy (non-hydrogen) atoms. The van der Waals surface area contributed by atoms with Gasteiger partial charge in [-0.3, -0.25) is 9.69 Å². The molecule has 0 aromatic heterocycles. The lowest BCUT2D eigenvalue weighted by atomic mass is 9.85. The molecule has 10 heteroatoms. The number of likely N-dealkylation sites (N-methyl/N-ethyl adjacent to an activating group) is 2. The Balaban J connectivity index is 3.43. The summed E-state index contributed by atoms with van der Waals surface area (Å²) in [7, 11) is 1.81. The number of urea groups is 1. The molecule has 126 valence electrons. The van der Waals surface area contributed by atoms with E-state index in [2.05, 4.69) is 0 Å². The maximum Gasteiger partial charge on any atom is 0.418 e. The van der Waals surface area contributed by atoms with Gasteiger partial charge in [-0.2, -0.15) is 13.2 Å². The van der Waals surface area contributed by atoms with Crippen LogP contribution in [0.25, 0.3) is 0 Å². The van der Waals surface area contributed by atoms with Crippen molar-refractivity contribution in [1.29, 1.82) is 0 Å². The van der Waals surface area contributed by atoms with E-state index in [-0.39, 0.29) is 4.90 Å². The Labute approximate surface area is 125 Å². The third-order valence-corrected chi connectivity index (χ3v) is 3.16. The van der Waals surface area contributed by atoms with Gasteiger partial charge in [-0.15, -0.1) is 0 Å². The van der Waals surface area contributed by atoms with Crippen molar-refractivity contribution in [2.24, 2.45) is 5.73 Å². The van der Waals surface area contributed by atoms with Crippen LogP contribution in [-0.2, 0) is 14.3 Å². The van der Waals surface area contributed by atoms with E-state index in [1.165, 1.54) is 20.8 Å². The van der Waals surface area contributed by atoms with E-state index in [1.807, 2.05) is 0 Å². The third-order valence-electron chi connectivity index (χ3n) is 3.16. The number of halogens is 3. The number of hydrogen-bond donors (Lipinski definition) is 1. The summed E-state index contributed by atoms with van der Waals surface area (Å²) < 4.78 is 45.0. The Morgan fingerprint density at radius 1 is 1.23 bits per heavy atom. The summed E-state index contributed by atoms with van der Waals surface area (Å²) in [6, 6.07) is -3.38. The van der Waals surface area contributed by atoms with E-state index in [0.717, 1.165) is 14.1 Å². The first kappa shape index (κ1) is 18.2. The number of carbonyl (C=O) groups excluding carboxylic acids is 3. The summed E-state index contributed by atoms with van der Waals surface area (Å²) in [5.74, 6) is -3.11. The van der Waals surface area contributed by atoms with Gasteiger partial charge in [-0.1, -0.05) is 0 Å². The Kier molecular flexibility index (Phi) is 4.23. The largest absolute Gasteiger partial charge is 0.458 e. The lowest BCUT2D eigenvalue weighted by Crippen LogP contribution is -2.80. The fourth-order valence-corrected chi connectivity index (χ4v) is 2.11. The van der Waals surface area contributed by atoms with Gasteiger partial charge in [-0.05, 0) is 20.8 Å². The minimum absolute atomic E-state index is 0.231. The molecule has 3 amide bonds. The van der Waals surface area contributed by atoms with Crippen molar-refractivity contribution in [1.82, 2.24) is 9.80 Å². The molecule has 7 nitrogen and oxygen atoms in total. The van der Waals surface area contributed by atoms with E-state index in [9.17, 15) is 27.6 Å². The van der Waals surface area contributed by atoms with Crippen LogP contribution in [-0.4, -0.2) is 65.2 Å². The van der Waals surface area contributed by atoms with Crippen LogP contribution >= 0.6 is 0 Å². The minimum Gasteiger partial charge on any atom is -0.458 e. The van der Waals surface area contributed by atoms with Crippen LogP contribution in [0.2, 0.25) is 0 Å². The summed E-state index contributed by atoms with van der Waals surface area (Å²) in [4.78, 5) is 36.6. The molecule has 0 bridgehead atoms. The lowest BCUT2D eigenvalue weighted by Gasteiger charge is -2.47. The highest BCUT2D eigenvalue weighted by molar-refractivity contribution is 6.07. The van der Waals surface area contributed by atoms with Gasteiger partial charge in [0.15, 0.2) is 6.04 Å². The monoisotopic (exact) mass is 325 g/mol. The molecule has 1 heterocycles. The number of esters is 1. The summed E-state index contributed by atoms with van der Waals surface area (Å²) in [5, 5.41) is 0. The predicted octanol–water partition coefficient (Wildman–Crippen LogP) is 0.480. The summed E-state index contributed by atoms with van der Waals surface area (Å²) in [6.07, 6.45) is -5.26. The molecule has 0 radical (unpaired) electrons. The molecule has 1 aliphatic heterocycles. The molecule has 1 fully saturated rings. The summed E-state index contributed by atoms with van der Waals surface area (Å²) >= 11 is 0. The van der Waals surface area contributed by atoms with Crippen LogP contribution in [0, 0.1) is 0 Å². The number of rotatable bonds is 1. The van der Waals surface area contributed by atoms with Crippen LogP contribution in [0.1, 0.15) is 20.8 Å². The number of nitrogens with two attached hydrogens (primary N) is 1. The fourth-order valence-electron chi connectivity index (χ4n) is 2.11. The number of hydrogen-bond acceptors (Lipinski definition) is 5. The molecule has 0 aromatic carbocycles. The van der Waals surface area contributed by atoms with Gasteiger partial charge in [0.25, 0.3) is 5.91 Å². The molecule has 2 atom stereocenters. The zero-order valence-corrected chi connectivity index (χ0v) is 12.8. The standard InChI is InChI=1S/C12H18F3N3O4/c1-10(2,3)22-7(19)6-11(16,12(13,14)15)8(20)18(5)9(21)17(6)4/h6H,16H2,1-5H3. The van der Waals surface area contributed by atoms with Crippen LogP contribution in [0.5, 0.6) is 0 Å². The van der Waals surface area contributed by atoms with Crippen molar-refractivity contribution < 1.29 is 32.3 Å². The van der Waals surface area contributed by atoms with Crippen molar-refractivity contribution in [3.05, 3.63) is 0 Å². The van der Waals surface area contributed by atoms with Gasteiger partial charge in [0.1, 0.15) is 5.60 Å². The minimum atomic E-state index is -5.26. The van der Waals surface area contributed by atoms with E-state index in [4.69, 9.17) is 10.5 Å². The topological polar surface area (TPSA) is 92.9 Å². The van der Waals surface area contributed by atoms with Gasteiger partial charge in [0.2, 0.25) is 5.54 Å². The second kappa shape index (κ2) is 5.11. The first-order valence-corrected chi connectivity index (χ1v) is 6.28. The fraction of sp³-hybridized carbons (Fsp3) is 0.750. The quantitative estimate of drug-likeness (QED) is 0.708. The van der Waals surface area contributed by atoms with Crippen molar-refractivity contribution in [3.63, 3.8) is 0 Å². The van der Waals surface area contributed by atoms with E-state index >= 15 is 0 Å². The highest BCUT2D eigenvalue weighted by Gasteiger charge is 2.70. The van der Waals surface area contributed by atoms with E-state index < -0.39 is 41.3 Å². The first-order chi connectivity index (χ1) is 9.64. The van der Waals surface area contributed by atoms with Gasteiger partial charge >= 0.3 is 18.2 Å². The zero-order chi connectivity index (χ0) is 17.7. The number of ether oxygens (including phenoxy) is 1. The Hall–Kier alpha value is -1.84. The van der Waals surface area contributed by atoms with Gasteiger partial charge in [-0.25, -0.2) is 9.59 Å². The number of alkyl halides is 3. The highest BCUT2D eigenvalue weighted by Crippen LogP contribution is 2.38. The second-order valence-corrected chi connectivity index (χ2v) is 6.06. The number of amides is 3. The number of imide groups is 1. The molecule has 0 aromatic rings. The number of nitrogens with zero attached hydrogens (tertiary/aromatic N) is 2. The average Bonchev–Trinajstić information content (AvgIpc) is 2.30. The predicted molar refractivity (Wildman–Crippen MR) is 68.5 cm³/mol. The Morgan fingerprint density at radius 2 is 1.68 bits per heavy atom. The van der Waals surface area contributed by atoms with Gasteiger partial charge in [0, 0.05) is 14.1 Å². The Bertz CT molecular complexity index is 515. The van der Waals surface area contributed by atoms with Crippen LogP contribution in [0.4, 0.5) is 18.0 Å². The first-order valence-electron chi connectivity index (χ1n) is 6.28. The van der Waals surface area contributed by atoms with E-state index in [0.29, 0.717) is 4.90 Å². The molecule has 0 saturated carbocycles. The molecule has 2 unspecified atom stereocenters. The molecular formula is C12H18F3N3O4. The molecule has 0 aliphatic carbocycles. The molecule has 1 aliphatic rings. The van der Waals surface area contributed by atoms with Gasteiger partial charge < -0.3 is 15.4 Å². The highest BCUT2D eigenvalue weighted by atomic mass is 19.4. The average molecular weight is 325 g/mol. The van der Waals surface area contributed by atoms with Crippen molar-refractivity contribution in [2.75, 3.05) is 14.1 Å². The van der Waals surface area contributed by atoms with Crippen LogP contribution < -0.4 is 5.73 Å². The van der Waals surface area contributed by atoms with Crippen molar-refractivity contribution >= 4 is 17.9 Å². The van der Waals surface area contributed by atoms with Crippen molar-refractivity contribution in [3.8, 4) is 0 Å². The molecule has 1 saturated heterocycles. The van der Waals surface area contributed by atoms with Crippen molar-refractivity contribution in [2.45, 2.75) is 44.1 Å². The normalized spacial score (nSPS) is 27.2.